The summed E-state index contributed by atoms with van der Waals surface area (Å²) in [5, 5.41) is 0. The fourth-order valence-electron chi connectivity index (χ4n) is 0.936. The highest BCUT2D eigenvalue weighted by Crippen LogP contribution is 2.52. The Bertz CT molecular complexity index is 231. The molecule has 0 aromatic carbocycles. The van der Waals surface area contributed by atoms with E-state index in [0.717, 1.165) is 13.1 Å². The van der Waals surface area contributed by atoms with Crippen molar-refractivity contribution in [3.05, 3.63) is 0 Å². The van der Waals surface area contributed by atoms with Crippen molar-refractivity contribution in [2.45, 2.75) is 31.2 Å². The van der Waals surface area contributed by atoms with E-state index < -0.39 is 26.7 Å². The van der Waals surface area contributed by atoms with Crippen LogP contribution in [-0.2, 0) is 8.85 Å². The maximum Gasteiger partial charge on any atom is 0.423 e. The largest absolute Gasteiger partial charge is 0.423 e. The molecule has 1 fully saturated rings. The summed E-state index contributed by atoms with van der Waals surface area (Å²) in [5.41, 5.74) is 0. The quantitative estimate of drug-likeness (QED) is 0.478. The van der Waals surface area contributed by atoms with Crippen LogP contribution >= 0.6 is 0 Å². The minimum Gasteiger partial charge on any atom is -0.331 e. The van der Waals surface area contributed by atoms with Crippen LogP contribution in [0.25, 0.3) is 0 Å². The third-order valence-electron chi connectivity index (χ3n) is 1.48. The first-order valence-corrected chi connectivity index (χ1v) is 6.27. The summed E-state index contributed by atoms with van der Waals surface area (Å²) in [5.74, 6) is -5.65. The van der Waals surface area contributed by atoms with Gasteiger partial charge in [0, 0.05) is 0 Å². The molecule has 0 radical (unpaired) electrons. The van der Waals surface area contributed by atoms with Gasteiger partial charge in [-0.15, -0.1) is 0 Å². The normalized spacial score (nSPS) is 32.6. The van der Waals surface area contributed by atoms with Crippen molar-refractivity contribution in [3.63, 3.8) is 0 Å². The average Bonchev–Trinajstić information content (AvgIpc) is 1.77. The zero-order valence-corrected chi connectivity index (χ0v) is 8.08. The molecule has 84 valence electrons. The topological polar surface area (TPSA) is 18.5 Å². The van der Waals surface area contributed by atoms with Crippen LogP contribution < -0.4 is 0 Å². The minimum absolute atomic E-state index is 0.823. The molecule has 0 unspecified atom stereocenters. The van der Waals surface area contributed by atoms with Gasteiger partial charge in [-0.3, -0.25) is 0 Å². The summed E-state index contributed by atoms with van der Waals surface area (Å²) >= 11 is 0. The maximum atomic E-state index is 12.5. The lowest BCUT2D eigenvalue weighted by Crippen LogP contribution is -2.68. The predicted octanol–water partition coefficient (Wildman–Crippen LogP) is 2.56. The molecule has 0 aromatic heterocycles. The molecule has 0 saturated carbocycles. The van der Waals surface area contributed by atoms with E-state index in [4.69, 9.17) is 0 Å². The van der Waals surface area contributed by atoms with Crippen molar-refractivity contribution in [2.75, 3.05) is 0 Å². The molecule has 9 heteroatoms. The van der Waals surface area contributed by atoms with Crippen molar-refractivity contribution in [1.82, 2.24) is 0 Å². The van der Waals surface area contributed by atoms with Gasteiger partial charge in [0.25, 0.3) is 0 Å². The Hall–Kier alpha value is -0.283. The molecule has 2 nitrogen and oxygen atoms in total. The predicted molar refractivity (Wildman–Crippen MR) is 34.5 cm³/mol. The Morgan fingerprint density at radius 1 is 0.786 bits per heavy atom. The number of halogens is 6. The standard InChI is InChI=1S/C5H6F6O2Si/c1-14(2)12-4(8,9)3(6,7)5(10,11)13-14/h1-2H3. The van der Waals surface area contributed by atoms with Gasteiger partial charge in [-0.2, -0.15) is 26.3 Å². The van der Waals surface area contributed by atoms with E-state index in [1.165, 1.54) is 0 Å². The monoisotopic (exact) mass is 240 g/mol. The van der Waals surface area contributed by atoms with Crippen LogP contribution in [0.4, 0.5) is 26.3 Å². The van der Waals surface area contributed by atoms with Gasteiger partial charge in [-0.25, -0.2) is 0 Å². The first kappa shape index (κ1) is 11.8. The smallest absolute Gasteiger partial charge is 0.331 e. The second-order valence-electron chi connectivity index (χ2n) is 3.21. The van der Waals surface area contributed by atoms with Crippen LogP contribution in [0.5, 0.6) is 0 Å². The molecule has 0 aliphatic carbocycles. The molecule has 0 aromatic rings. The summed E-state index contributed by atoms with van der Waals surface area (Å²) in [4.78, 5) is 0. The van der Waals surface area contributed by atoms with Crippen LogP contribution in [-0.4, -0.2) is 26.7 Å². The Balaban J connectivity index is 3.13. The lowest BCUT2D eigenvalue weighted by molar-refractivity contribution is -0.450. The molecular formula is C5H6F6O2Si. The zero-order chi connectivity index (χ0) is 11.4. The van der Waals surface area contributed by atoms with Gasteiger partial charge in [-0.1, -0.05) is 0 Å². The van der Waals surface area contributed by atoms with Gasteiger partial charge in [-0.05, 0) is 13.1 Å². The molecule has 1 rings (SSSR count). The van der Waals surface area contributed by atoms with Crippen molar-refractivity contribution in [1.29, 1.82) is 0 Å². The van der Waals surface area contributed by atoms with E-state index in [2.05, 4.69) is 8.85 Å². The maximum absolute atomic E-state index is 12.5. The SMILES string of the molecule is C[Si]1(C)OC(F)(F)C(F)(F)C(F)(F)O1. The highest BCUT2D eigenvalue weighted by atomic mass is 28.4. The molecule has 0 atom stereocenters. The minimum atomic E-state index is -5.65. The summed E-state index contributed by atoms with van der Waals surface area (Å²) in [7, 11) is -3.93. The number of hydrogen-bond donors (Lipinski definition) is 0. The van der Waals surface area contributed by atoms with Crippen LogP contribution in [0.3, 0.4) is 0 Å². The molecule has 0 N–H and O–H groups in total. The zero-order valence-electron chi connectivity index (χ0n) is 7.08. The molecule has 0 spiro atoms. The van der Waals surface area contributed by atoms with Gasteiger partial charge in [0.2, 0.25) is 0 Å². The van der Waals surface area contributed by atoms with Gasteiger partial charge < -0.3 is 8.85 Å². The van der Waals surface area contributed by atoms with Crippen LogP contribution in [0, 0.1) is 0 Å². The second kappa shape index (κ2) is 2.64. The fourth-order valence-corrected chi connectivity index (χ4v) is 2.47. The lowest BCUT2D eigenvalue weighted by Gasteiger charge is -2.43. The van der Waals surface area contributed by atoms with Crippen LogP contribution in [0.1, 0.15) is 0 Å². The van der Waals surface area contributed by atoms with E-state index in [1.54, 1.807) is 0 Å². The molecule has 1 aliphatic heterocycles. The third-order valence-corrected chi connectivity index (χ3v) is 2.97. The van der Waals surface area contributed by atoms with Crippen molar-refractivity contribution < 1.29 is 35.2 Å². The van der Waals surface area contributed by atoms with E-state index in [-0.39, 0.29) is 0 Å². The molecular weight excluding hydrogens is 234 g/mol. The van der Waals surface area contributed by atoms with Gasteiger partial charge in [0.1, 0.15) is 0 Å². The molecule has 1 aliphatic rings. The molecule has 0 bridgehead atoms. The summed E-state index contributed by atoms with van der Waals surface area (Å²) in [6.45, 7) is 1.65. The number of rotatable bonds is 0. The van der Waals surface area contributed by atoms with Crippen molar-refractivity contribution in [2.24, 2.45) is 0 Å². The van der Waals surface area contributed by atoms with E-state index >= 15 is 0 Å². The van der Waals surface area contributed by atoms with Gasteiger partial charge in [0.05, 0.1) is 0 Å². The van der Waals surface area contributed by atoms with Crippen LogP contribution in [0.2, 0.25) is 13.1 Å². The highest BCUT2D eigenvalue weighted by Gasteiger charge is 2.79. The highest BCUT2D eigenvalue weighted by molar-refractivity contribution is 6.64. The van der Waals surface area contributed by atoms with Crippen molar-refractivity contribution >= 4 is 8.56 Å². The average molecular weight is 240 g/mol. The number of hydrogen-bond acceptors (Lipinski definition) is 2. The molecule has 14 heavy (non-hydrogen) atoms. The Labute approximate surface area is 76.0 Å². The molecule has 1 saturated heterocycles. The molecule has 0 amide bonds. The first-order valence-electron chi connectivity index (χ1n) is 3.45. The van der Waals surface area contributed by atoms with E-state index in [9.17, 15) is 26.3 Å². The van der Waals surface area contributed by atoms with E-state index in [0.29, 0.717) is 0 Å². The Kier molecular flexibility index (Phi) is 2.22. The van der Waals surface area contributed by atoms with E-state index in [1.807, 2.05) is 0 Å². The van der Waals surface area contributed by atoms with Crippen molar-refractivity contribution in [3.8, 4) is 0 Å². The number of alkyl halides is 6. The first-order chi connectivity index (χ1) is 5.91. The lowest BCUT2D eigenvalue weighted by atomic mass is 10.3. The van der Waals surface area contributed by atoms with Crippen LogP contribution in [0.15, 0.2) is 0 Å². The summed E-state index contributed by atoms with van der Waals surface area (Å²) in [6, 6.07) is 0. The Morgan fingerprint density at radius 3 is 1.36 bits per heavy atom. The summed E-state index contributed by atoms with van der Waals surface area (Å²) < 4.78 is 81.8. The third kappa shape index (κ3) is 1.52. The second-order valence-corrected chi connectivity index (χ2v) is 6.42. The van der Waals surface area contributed by atoms with Gasteiger partial charge >= 0.3 is 26.7 Å². The molecule has 1 heterocycles. The summed E-state index contributed by atoms with van der Waals surface area (Å²) in [6.07, 6.45) is -10.4. The fraction of sp³-hybridized carbons (Fsp3) is 1.00. The van der Waals surface area contributed by atoms with Gasteiger partial charge in [0.15, 0.2) is 0 Å². The Morgan fingerprint density at radius 2 is 1.07 bits per heavy atom.